The van der Waals surface area contributed by atoms with Gasteiger partial charge in [-0.3, -0.25) is 0 Å². The van der Waals surface area contributed by atoms with Gasteiger partial charge in [-0.2, -0.15) is 0 Å². The van der Waals surface area contributed by atoms with Gasteiger partial charge < -0.3 is 10.2 Å². The van der Waals surface area contributed by atoms with Gasteiger partial charge in [-0.15, -0.1) is 11.8 Å². The Balaban J connectivity index is 1.50. The Morgan fingerprint density at radius 1 is 1.12 bits per heavy atom. The van der Waals surface area contributed by atoms with Crippen LogP contribution in [-0.4, -0.2) is 35.4 Å². The summed E-state index contributed by atoms with van der Waals surface area (Å²) in [5.74, 6) is 0.802. The van der Waals surface area contributed by atoms with Crippen molar-refractivity contribution in [2.45, 2.75) is 23.8 Å². The topological polar surface area (TPSA) is 41.1 Å². The van der Waals surface area contributed by atoms with Crippen molar-refractivity contribution >= 4 is 34.2 Å². The highest BCUT2D eigenvalue weighted by Gasteiger charge is 2.22. The standard InChI is InChI=1S/C20H21FN4S/c1-26-15-6-7-18-16(12-15)20(23-13-22-18)25-10-8-14(9-11-25)24-19-5-3-2-4-17(19)21/h2-7,12-14,24H,8-11H2,1H3. The third-order valence-electron chi connectivity index (χ3n) is 4.85. The third kappa shape index (κ3) is 3.46. The molecule has 0 unspecified atom stereocenters. The lowest BCUT2D eigenvalue weighted by Crippen LogP contribution is -2.39. The average molecular weight is 368 g/mol. The molecule has 0 amide bonds. The molecule has 6 heteroatoms. The number of aromatic nitrogens is 2. The van der Waals surface area contributed by atoms with Gasteiger partial charge in [0.1, 0.15) is 18.0 Å². The van der Waals surface area contributed by atoms with Gasteiger partial charge in [0.15, 0.2) is 0 Å². The van der Waals surface area contributed by atoms with Gasteiger partial charge in [-0.1, -0.05) is 12.1 Å². The Kier molecular flexibility index (Phi) is 4.93. The molecule has 1 aliphatic heterocycles. The van der Waals surface area contributed by atoms with Crippen LogP contribution >= 0.6 is 11.8 Å². The van der Waals surface area contributed by atoms with Crippen LogP contribution in [0.3, 0.4) is 0 Å². The van der Waals surface area contributed by atoms with E-state index in [0.717, 1.165) is 42.7 Å². The molecule has 1 saturated heterocycles. The second-order valence-corrected chi connectivity index (χ2v) is 7.35. The maximum Gasteiger partial charge on any atom is 0.146 e. The fourth-order valence-corrected chi connectivity index (χ4v) is 3.87. The predicted molar refractivity (Wildman–Crippen MR) is 107 cm³/mol. The van der Waals surface area contributed by atoms with Crippen LogP contribution in [0.25, 0.3) is 10.9 Å². The molecular formula is C20H21FN4S. The van der Waals surface area contributed by atoms with E-state index in [2.05, 4.69) is 44.6 Å². The Morgan fingerprint density at radius 2 is 1.92 bits per heavy atom. The summed E-state index contributed by atoms with van der Waals surface area (Å²) >= 11 is 1.72. The second kappa shape index (κ2) is 7.50. The van der Waals surface area contributed by atoms with Crippen molar-refractivity contribution in [2.24, 2.45) is 0 Å². The summed E-state index contributed by atoms with van der Waals surface area (Å²) in [4.78, 5) is 12.5. The van der Waals surface area contributed by atoms with Gasteiger partial charge in [0.25, 0.3) is 0 Å². The number of hydrogen-bond acceptors (Lipinski definition) is 5. The molecule has 0 saturated carbocycles. The number of rotatable bonds is 4. The van der Waals surface area contributed by atoms with E-state index < -0.39 is 0 Å². The number of benzene rings is 2. The molecule has 1 aromatic heterocycles. The van der Waals surface area contributed by atoms with Crippen molar-refractivity contribution in [3.8, 4) is 0 Å². The second-order valence-electron chi connectivity index (χ2n) is 6.47. The molecule has 0 aliphatic carbocycles. The maximum atomic E-state index is 13.8. The fourth-order valence-electron chi connectivity index (χ4n) is 3.43. The van der Waals surface area contributed by atoms with Crippen LogP contribution in [-0.2, 0) is 0 Å². The minimum atomic E-state index is -0.193. The van der Waals surface area contributed by atoms with Crippen LogP contribution in [0.2, 0.25) is 0 Å². The van der Waals surface area contributed by atoms with Crippen LogP contribution < -0.4 is 10.2 Å². The molecule has 4 rings (SSSR count). The van der Waals surface area contributed by atoms with Crippen molar-refractivity contribution in [1.29, 1.82) is 0 Å². The van der Waals surface area contributed by atoms with Gasteiger partial charge in [0.2, 0.25) is 0 Å². The molecule has 1 aliphatic rings. The smallest absolute Gasteiger partial charge is 0.146 e. The number of anilines is 2. The number of hydrogen-bond donors (Lipinski definition) is 1. The molecule has 0 radical (unpaired) electrons. The summed E-state index contributed by atoms with van der Waals surface area (Å²) in [6, 6.07) is 13.4. The molecule has 134 valence electrons. The first-order chi connectivity index (χ1) is 12.7. The van der Waals surface area contributed by atoms with Gasteiger partial charge in [-0.25, -0.2) is 14.4 Å². The van der Waals surface area contributed by atoms with Crippen molar-refractivity contribution in [3.63, 3.8) is 0 Å². The number of piperidine rings is 1. The average Bonchev–Trinajstić information content (AvgIpc) is 2.69. The van der Waals surface area contributed by atoms with Crippen LogP contribution in [0.1, 0.15) is 12.8 Å². The largest absolute Gasteiger partial charge is 0.380 e. The Bertz CT molecular complexity index is 909. The molecular weight excluding hydrogens is 347 g/mol. The third-order valence-corrected chi connectivity index (χ3v) is 5.57. The molecule has 0 spiro atoms. The molecule has 26 heavy (non-hydrogen) atoms. The van der Waals surface area contributed by atoms with Gasteiger partial charge in [0, 0.05) is 29.4 Å². The first-order valence-electron chi connectivity index (χ1n) is 8.79. The SMILES string of the molecule is CSc1ccc2ncnc(N3CCC(Nc4ccccc4F)CC3)c2c1. The van der Waals surface area contributed by atoms with Crippen LogP contribution in [0.15, 0.2) is 53.7 Å². The number of nitrogens with zero attached hydrogens (tertiary/aromatic N) is 3. The van der Waals surface area contributed by atoms with Crippen molar-refractivity contribution in [3.05, 3.63) is 54.6 Å². The lowest BCUT2D eigenvalue weighted by Gasteiger charge is -2.34. The quantitative estimate of drug-likeness (QED) is 0.683. The zero-order chi connectivity index (χ0) is 17.9. The Morgan fingerprint density at radius 3 is 2.69 bits per heavy atom. The van der Waals surface area contributed by atoms with Crippen LogP contribution in [0, 0.1) is 5.82 Å². The van der Waals surface area contributed by atoms with E-state index in [9.17, 15) is 4.39 Å². The van der Waals surface area contributed by atoms with E-state index in [1.807, 2.05) is 6.07 Å². The zero-order valence-electron chi connectivity index (χ0n) is 14.7. The fraction of sp³-hybridized carbons (Fsp3) is 0.300. The summed E-state index contributed by atoms with van der Waals surface area (Å²) in [5.41, 5.74) is 1.56. The van der Waals surface area contributed by atoms with E-state index in [-0.39, 0.29) is 11.9 Å². The minimum absolute atomic E-state index is 0.193. The normalized spacial score (nSPS) is 15.4. The molecule has 0 atom stereocenters. The summed E-state index contributed by atoms with van der Waals surface area (Å²) < 4.78 is 13.8. The highest BCUT2D eigenvalue weighted by atomic mass is 32.2. The van der Waals surface area contributed by atoms with Crippen molar-refractivity contribution < 1.29 is 4.39 Å². The number of fused-ring (bicyclic) bond motifs is 1. The lowest BCUT2D eigenvalue weighted by atomic mass is 10.0. The predicted octanol–water partition coefficient (Wildman–Crippen LogP) is 4.57. The highest BCUT2D eigenvalue weighted by Crippen LogP contribution is 2.29. The monoisotopic (exact) mass is 368 g/mol. The molecule has 2 aromatic carbocycles. The number of thioether (sulfide) groups is 1. The van der Waals surface area contributed by atoms with E-state index in [1.165, 1.54) is 11.0 Å². The van der Waals surface area contributed by atoms with E-state index in [1.54, 1.807) is 30.2 Å². The van der Waals surface area contributed by atoms with Gasteiger partial charge in [-0.05, 0) is 49.4 Å². The molecule has 1 N–H and O–H groups in total. The van der Waals surface area contributed by atoms with Crippen LogP contribution in [0.4, 0.5) is 15.9 Å². The maximum absolute atomic E-state index is 13.8. The van der Waals surface area contributed by atoms with Gasteiger partial charge >= 0.3 is 0 Å². The summed E-state index contributed by atoms with van der Waals surface area (Å²) in [6.07, 6.45) is 5.61. The summed E-state index contributed by atoms with van der Waals surface area (Å²) in [7, 11) is 0. The van der Waals surface area contributed by atoms with E-state index in [0.29, 0.717) is 5.69 Å². The minimum Gasteiger partial charge on any atom is -0.380 e. The Labute approximate surface area is 156 Å². The van der Waals surface area contributed by atoms with E-state index in [4.69, 9.17) is 0 Å². The Hall–Kier alpha value is -2.34. The summed E-state index contributed by atoms with van der Waals surface area (Å²) in [5, 5.41) is 4.44. The van der Waals surface area contributed by atoms with Gasteiger partial charge in [0.05, 0.1) is 11.2 Å². The molecule has 0 bridgehead atoms. The number of para-hydroxylation sites is 1. The van der Waals surface area contributed by atoms with Crippen molar-refractivity contribution in [2.75, 3.05) is 29.6 Å². The summed E-state index contributed by atoms with van der Waals surface area (Å²) in [6.45, 7) is 1.78. The van der Waals surface area contributed by atoms with Crippen molar-refractivity contribution in [1.82, 2.24) is 9.97 Å². The highest BCUT2D eigenvalue weighted by molar-refractivity contribution is 7.98. The number of nitrogens with one attached hydrogen (secondary N) is 1. The molecule has 3 aromatic rings. The molecule has 2 heterocycles. The first kappa shape index (κ1) is 17.1. The number of halogens is 1. The molecule has 4 nitrogen and oxygen atoms in total. The molecule has 1 fully saturated rings. The lowest BCUT2D eigenvalue weighted by molar-refractivity contribution is 0.520. The zero-order valence-corrected chi connectivity index (χ0v) is 15.5. The first-order valence-corrected chi connectivity index (χ1v) is 10.0. The van der Waals surface area contributed by atoms with Crippen LogP contribution in [0.5, 0.6) is 0 Å². The van der Waals surface area contributed by atoms with E-state index >= 15 is 0 Å².